The smallest absolute Gasteiger partial charge is 0.340 e. The molecule has 7 heteroatoms. The Bertz CT molecular complexity index is 1160. The lowest BCUT2D eigenvalue weighted by molar-refractivity contribution is -0.112. The number of nitrogens with one attached hydrogen (secondary N) is 2. The molecule has 3 aromatic rings. The van der Waals surface area contributed by atoms with Crippen molar-refractivity contribution in [1.82, 2.24) is 4.98 Å². The van der Waals surface area contributed by atoms with Crippen LogP contribution >= 0.6 is 0 Å². The largest absolute Gasteiger partial charge is 0.462 e. The number of carbonyl (C=O) groups is 3. The van der Waals surface area contributed by atoms with Crippen LogP contribution in [0.3, 0.4) is 0 Å². The highest BCUT2D eigenvalue weighted by atomic mass is 19.1. The van der Waals surface area contributed by atoms with Crippen LogP contribution in [0.1, 0.15) is 44.6 Å². The van der Waals surface area contributed by atoms with Crippen molar-refractivity contribution in [3.05, 3.63) is 76.4 Å². The number of esters is 1. The number of benzene rings is 2. The number of ketones is 1. The Hall–Kier alpha value is -3.74. The Morgan fingerprint density at radius 3 is 2.35 bits per heavy atom. The Morgan fingerprint density at radius 1 is 1.03 bits per heavy atom. The van der Waals surface area contributed by atoms with Gasteiger partial charge >= 0.3 is 5.97 Å². The molecule has 0 aliphatic carbocycles. The molecule has 0 bridgehead atoms. The predicted octanol–water partition coefficient (Wildman–Crippen LogP) is 4.74. The highest BCUT2D eigenvalue weighted by Crippen LogP contribution is 2.32. The molecule has 0 unspecified atom stereocenters. The maximum atomic E-state index is 13.5. The van der Waals surface area contributed by atoms with Crippen LogP contribution in [0.15, 0.2) is 42.5 Å². The van der Waals surface area contributed by atoms with E-state index >= 15 is 0 Å². The molecule has 1 amide bonds. The third kappa shape index (κ3) is 4.55. The van der Waals surface area contributed by atoms with Gasteiger partial charge in [-0.25, -0.2) is 9.18 Å². The molecule has 2 aromatic carbocycles. The summed E-state index contributed by atoms with van der Waals surface area (Å²) < 4.78 is 18.6. The third-order valence-electron chi connectivity index (χ3n) is 4.87. The van der Waals surface area contributed by atoms with Crippen molar-refractivity contribution in [1.29, 1.82) is 0 Å². The summed E-state index contributed by atoms with van der Waals surface area (Å²) in [5, 5.41) is 2.64. The number of ether oxygens (including phenoxy) is 1. The van der Waals surface area contributed by atoms with Crippen LogP contribution in [0.2, 0.25) is 0 Å². The zero-order chi connectivity index (χ0) is 22.7. The van der Waals surface area contributed by atoms with E-state index in [2.05, 4.69) is 10.3 Å². The first-order valence-electron chi connectivity index (χ1n) is 9.81. The summed E-state index contributed by atoms with van der Waals surface area (Å²) >= 11 is 0. The molecular weight excluding hydrogens is 399 g/mol. The molecule has 6 nitrogen and oxygen atoms in total. The first-order chi connectivity index (χ1) is 14.7. The predicted molar refractivity (Wildman–Crippen MR) is 116 cm³/mol. The molecule has 31 heavy (non-hydrogen) atoms. The molecule has 0 atom stereocenters. The standard InChI is InChI=1S/C24H23FN2O4/c1-5-31-24(30)19-15(4)26-21(20(19)16-8-10-17(25)11-9-16)22(28)23(29)27-18-12-13(2)6-7-14(18)3/h6-12,26H,5H2,1-4H3,(H,27,29). The summed E-state index contributed by atoms with van der Waals surface area (Å²) in [5.74, 6) is -2.80. The fourth-order valence-electron chi connectivity index (χ4n) is 3.32. The van der Waals surface area contributed by atoms with Crippen LogP contribution in [0.25, 0.3) is 11.1 Å². The van der Waals surface area contributed by atoms with Gasteiger partial charge in [0.2, 0.25) is 0 Å². The lowest BCUT2D eigenvalue weighted by atomic mass is 9.98. The van der Waals surface area contributed by atoms with Crippen LogP contribution in [0, 0.1) is 26.6 Å². The SMILES string of the molecule is CCOC(=O)c1c(C)[nH]c(C(=O)C(=O)Nc2cc(C)ccc2C)c1-c1ccc(F)cc1. The molecule has 0 aliphatic rings. The number of carbonyl (C=O) groups excluding carboxylic acids is 3. The van der Waals surface area contributed by atoms with E-state index in [0.717, 1.165) is 11.1 Å². The molecule has 1 aromatic heterocycles. The zero-order valence-electron chi connectivity index (χ0n) is 17.8. The van der Waals surface area contributed by atoms with Gasteiger partial charge in [0.15, 0.2) is 0 Å². The van der Waals surface area contributed by atoms with Gasteiger partial charge in [-0.2, -0.15) is 0 Å². The monoisotopic (exact) mass is 422 g/mol. The van der Waals surface area contributed by atoms with Crippen molar-refractivity contribution in [2.24, 2.45) is 0 Å². The average molecular weight is 422 g/mol. The fraction of sp³-hybridized carbons (Fsp3) is 0.208. The lowest BCUT2D eigenvalue weighted by Crippen LogP contribution is -2.24. The molecule has 0 radical (unpaired) electrons. The molecule has 0 saturated heterocycles. The van der Waals surface area contributed by atoms with Gasteiger partial charge < -0.3 is 15.0 Å². The van der Waals surface area contributed by atoms with Gasteiger partial charge in [0.05, 0.1) is 12.2 Å². The first-order valence-corrected chi connectivity index (χ1v) is 9.81. The summed E-state index contributed by atoms with van der Waals surface area (Å²) in [6, 6.07) is 10.8. The summed E-state index contributed by atoms with van der Waals surface area (Å²) in [6.07, 6.45) is 0. The summed E-state index contributed by atoms with van der Waals surface area (Å²) in [7, 11) is 0. The van der Waals surface area contributed by atoms with Crippen molar-refractivity contribution < 1.29 is 23.5 Å². The van der Waals surface area contributed by atoms with E-state index in [-0.39, 0.29) is 23.4 Å². The van der Waals surface area contributed by atoms with Crippen LogP contribution < -0.4 is 5.32 Å². The van der Waals surface area contributed by atoms with Crippen LogP contribution in [-0.2, 0) is 9.53 Å². The van der Waals surface area contributed by atoms with Crippen molar-refractivity contribution in [3.8, 4) is 11.1 Å². The van der Waals surface area contributed by atoms with Crippen LogP contribution in [0.5, 0.6) is 0 Å². The van der Waals surface area contributed by atoms with Crippen molar-refractivity contribution >= 4 is 23.3 Å². The van der Waals surface area contributed by atoms with Gasteiger partial charge in [-0.05, 0) is 62.6 Å². The number of aromatic amines is 1. The Labute approximate surface area is 179 Å². The van der Waals surface area contributed by atoms with Crippen LogP contribution in [-0.4, -0.2) is 29.3 Å². The number of Topliss-reactive ketones (excluding diaryl/α,β-unsaturated/α-hetero) is 1. The fourth-order valence-corrected chi connectivity index (χ4v) is 3.32. The molecule has 0 fully saturated rings. The normalized spacial score (nSPS) is 10.6. The Morgan fingerprint density at radius 2 is 1.71 bits per heavy atom. The van der Waals surface area contributed by atoms with Crippen molar-refractivity contribution in [2.45, 2.75) is 27.7 Å². The van der Waals surface area contributed by atoms with E-state index in [1.807, 2.05) is 26.0 Å². The number of hydrogen-bond acceptors (Lipinski definition) is 4. The zero-order valence-corrected chi connectivity index (χ0v) is 17.8. The minimum absolute atomic E-state index is 0.0602. The van der Waals surface area contributed by atoms with E-state index < -0.39 is 23.5 Å². The molecule has 0 aliphatic heterocycles. The summed E-state index contributed by atoms with van der Waals surface area (Å²) in [6.45, 7) is 7.12. The number of hydrogen-bond donors (Lipinski definition) is 2. The maximum absolute atomic E-state index is 13.5. The molecule has 1 heterocycles. The van der Waals surface area contributed by atoms with E-state index in [0.29, 0.717) is 16.9 Å². The van der Waals surface area contributed by atoms with E-state index in [1.165, 1.54) is 24.3 Å². The molecule has 3 rings (SSSR count). The minimum Gasteiger partial charge on any atom is -0.462 e. The second-order valence-electron chi connectivity index (χ2n) is 7.20. The van der Waals surface area contributed by atoms with Gasteiger partial charge in [0.1, 0.15) is 11.5 Å². The van der Waals surface area contributed by atoms with Gasteiger partial charge in [0.25, 0.3) is 11.7 Å². The minimum atomic E-state index is -0.853. The van der Waals surface area contributed by atoms with Gasteiger partial charge in [-0.15, -0.1) is 0 Å². The maximum Gasteiger partial charge on any atom is 0.340 e. The number of amides is 1. The molecule has 2 N–H and O–H groups in total. The molecular formula is C24H23FN2O4. The number of halogens is 1. The summed E-state index contributed by atoms with van der Waals surface area (Å²) in [4.78, 5) is 41.3. The molecule has 0 saturated carbocycles. The van der Waals surface area contributed by atoms with E-state index in [4.69, 9.17) is 4.74 Å². The Kier molecular flexibility index (Phi) is 6.34. The highest BCUT2D eigenvalue weighted by molar-refractivity contribution is 6.47. The van der Waals surface area contributed by atoms with Gasteiger partial charge in [-0.1, -0.05) is 24.3 Å². The van der Waals surface area contributed by atoms with Gasteiger partial charge in [-0.3, -0.25) is 9.59 Å². The number of anilines is 1. The Balaban J connectivity index is 2.07. The third-order valence-corrected chi connectivity index (χ3v) is 4.87. The number of H-pyrrole nitrogens is 1. The second kappa shape index (κ2) is 8.95. The highest BCUT2D eigenvalue weighted by Gasteiger charge is 2.30. The van der Waals surface area contributed by atoms with Crippen LogP contribution in [0.4, 0.5) is 10.1 Å². The topological polar surface area (TPSA) is 88.3 Å². The quantitative estimate of drug-likeness (QED) is 0.341. The second-order valence-corrected chi connectivity index (χ2v) is 7.20. The number of aryl methyl sites for hydroxylation is 3. The van der Waals surface area contributed by atoms with Crippen molar-refractivity contribution in [3.63, 3.8) is 0 Å². The molecule has 0 spiro atoms. The van der Waals surface area contributed by atoms with E-state index in [1.54, 1.807) is 19.9 Å². The average Bonchev–Trinajstić information content (AvgIpc) is 3.08. The summed E-state index contributed by atoms with van der Waals surface area (Å²) in [5.41, 5.74) is 3.33. The number of aromatic nitrogens is 1. The van der Waals surface area contributed by atoms with E-state index in [9.17, 15) is 18.8 Å². The first kappa shape index (κ1) is 22.0. The molecule has 160 valence electrons. The van der Waals surface area contributed by atoms with Crippen molar-refractivity contribution in [2.75, 3.05) is 11.9 Å². The lowest BCUT2D eigenvalue weighted by Gasteiger charge is -2.10. The van der Waals surface area contributed by atoms with Gasteiger partial charge in [0, 0.05) is 16.9 Å². The number of rotatable bonds is 6.